The minimum absolute atomic E-state index is 0.0377. The molecule has 2 aliphatic rings. The van der Waals surface area contributed by atoms with E-state index < -0.39 is 42.9 Å². The Balaban J connectivity index is 1.53. The lowest BCUT2D eigenvalue weighted by Gasteiger charge is -2.41. The average molecular weight is 543 g/mol. The molecule has 36 heavy (non-hydrogen) atoms. The van der Waals surface area contributed by atoms with Crippen LogP contribution in [-0.4, -0.2) is 51.6 Å². The number of aliphatic hydroxyl groups is 1. The molecule has 4 rings (SSSR count). The van der Waals surface area contributed by atoms with Crippen molar-refractivity contribution in [1.82, 2.24) is 14.6 Å². The van der Waals surface area contributed by atoms with E-state index in [0.717, 1.165) is 11.0 Å². The number of nitrogens with one attached hydrogen (secondary N) is 1. The number of anilines is 1. The molecule has 1 aliphatic carbocycles. The molecule has 0 radical (unpaired) electrons. The Hall–Kier alpha value is -2.47. The Morgan fingerprint density at radius 1 is 1.36 bits per heavy atom. The molecule has 3 unspecified atom stereocenters. The lowest BCUT2D eigenvalue weighted by Crippen LogP contribution is -2.56. The van der Waals surface area contributed by atoms with Gasteiger partial charge in [-0.2, -0.15) is 10.1 Å². The van der Waals surface area contributed by atoms with Gasteiger partial charge in [-0.1, -0.05) is 11.6 Å². The number of aromatic nitrogens is 2. The molecule has 2 aromatic rings. The molecule has 1 aromatic carbocycles. The third kappa shape index (κ3) is 5.59. The second kappa shape index (κ2) is 10.1. The number of nitrogens with zero attached hydrogens (tertiary/aromatic N) is 2. The van der Waals surface area contributed by atoms with E-state index in [-0.39, 0.29) is 24.6 Å². The highest BCUT2D eigenvalue weighted by Crippen LogP contribution is 2.51. The fourth-order valence-electron chi connectivity index (χ4n) is 4.25. The van der Waals surface area contributed by atoms with E-state index in [9.17, 15) is 19.3 Å². The highest BCUT2D eigenvalue weighted by Gasteiger charge is 2.52. The summed E-state index contributed by atoms with van der Waals surface area (Å²) in [7, 11) is -2.92. The van der Waals surface area contributed by atoms with Crippen LogP contribution in [0.2, 0.25) is 5.02 Å². The zero-order valence-electron chi connectivity index (χ0n) is 19.8. The van der Waals surface area contributed by atoms with Gasteiger partial charge in [-0.15, -0.1) is 0 Å². The first-order valence-electron chi connectivity index (χ1n) is 11.3. The maximum Gasteiger partial charge on any atom is 0.459 e. The number of halogens is 1. The molecule has 196 valence electrons. The number of nitrogens with two attached hydrogens (primary N) is 1. The molecular weight excluding hydrogens is 515 g/mol. The van der Waals surface area contributed by atoms with Crippen LogP contribution in [0.1, 0.15) is 38.8 Å². The molecule has 2 fully saturated rings. The molecular formula is C22H28ClN4O8P. The summed E-state index contributed by atoms with van der Waals surface area (Å²) in [6, 6.07) is 7.55. The number of carbonyl (C=O) groups is 1. The third-order valence-corrected chi connectivity index (χ3v) is 8.10. The number of methoxy groups -OCH3 is 1. The van der Waals surface area contributed by atoms with Crippen molar-refractivity contribution in [2.75, 3.05) is 19.5 Å². The van der Waals surface area contributed by atoms with Gasteiger partial charge in [0.1, 0.15) is 22.7 Å². The summed E-state index contributed by atoms with van der Waals surface area (Å²) in [5, 5.41) is 14.1. The van der Waals surface area contributed by atoms with Crippen LogP contribution in [0, 0.1) is 0 Å². The number of carbonyl (C=O) groups excluding carboxylic acids is 1. The van der Waals surface area contributed by atoms with Crippen LogP contribution >= 0.6 is 19.3 Å². The topological polar surface area (TPSA) is 164 Å². The largest absolute Gasteiger partial charge is 0.468 e. The summed E-state index contributed by atoms with van der Waals surface area (Å²) >= 11 is 5.93. The first-order chi connectivity index (χ1) is 17.0. The van der Waals surface area contributed by atoms with Gasteiger partial charge in [0, 0.05) is 17.6 Å². The summed E-state index contributed by atoms with van der Waals surface area (Å²) in [4.78, 5) is 28.4. The summed E-state index contributed by atoms with van der Waals surface area (Å²) in [6.45, 7) is 1.22. The van der Waals surface area contributed by atoms with Gasteiger partial charge in [-0.05, 0) is 56.5 Å². The number of nitrogen functional groups attached to an aromatic ring is 1. The van der Waals surface area contributed by atoms with Crippen molar-refractivity contribution in [3.63, 3.8) is 0 Å². The molecule has 12 nitrogen and oxygen atoms in total. The Labute approximate surface area is 212 Å². The summed E-state index contributed by atoms with van der Waals surface area (Å²) in [5.41, 5.74) is 2.17. The molecule has 1 aromatic heterocycles. The number of esters is 1. The molecule has 1 aliphatic heterocycles. The maximum atomic E-state index is 13.9. The second-order valence-electron chi connectivity index (χ2n) is 9.09. The SMILES string of the molecule is COC(=O)C1(NP(=O)(OCC2C[C@@](C)(O)C(n3ccc(N)nc3=O)O2)Oc2ccc(Cl)cc2)CCC1. The van der Waals surface area contributed by atoms with Gasteiger partial charge in [-0.25, -0.2) is 9.36 Å². The summed E-state index contributed by atoms with van der Waals surface area (Å²) in [6.07, 6.45) is 1.08. The zero-order chi connectivity index (χ0) is 26.1. The Morgan fingerprint density at radius 3 is 2.64 bits per heavy atom. The number of hydrogen-bond donors (Lipinski definition) is 3. The monoisotopic (exact) mass is 542 g/mol. The zero-order valence-corrected chi connectivity index (χ0v) is 21.4. The van der Waals surface area contributed by atoms with E-state index in [1.54, 1.807) is 12.1 Å². The van der Waals surface area contributed by atoms with Crippen LogP contribution in [0.4, 0.5) is 5.82 Å². The lowest BCUT2D eigenvalue weighted by atomic mass is 9.78. The van der Waals surface area contributed by atoms with Crippen LogP contribution in [0.3, 0.4) is 0 Å². The molecule has 4 N–H and O–H groups in total. The van der Waals surface area contributed by atoms with Crippen LogP contribution in [0.5, 0.6) is 5.75 Å². The molecule has 4 atom stereocenters. The fraction of sp³-hybridized carbons (Fsp3) is 0.500. The van der Waals surface area contributed by atoms with Crippen molar-refractivity contribution in [3.05, 3.63) is 52.0 Å². The van der Waals surface area contributed by atoms with E-state index in [2.05, 4.69) is 10.1 Å². The van der Waals surface area contributed by atoms with Crippen molar-refractivity contribution in [2.24, 2.45) is 0 Å². The minimum atomic E-state index is -4.17. The smallest absolute Gasteiger partial charge is 0.459 e. The maximum absolute atomic E-state index is 13.9. The van der Waals surface area contributed by atoms with Crippen LogP contribution in [0.15, 0.2) is 41.3 Å². The number of benzene rings is 1. The molecule has 14 heteroatoms. The summed E-state index contributed by atoms with van der Waals surface area (Å²) in [5.74, 6) is -0.338. The third-order valence-electron chi connectivity index (χ3n) is 6.20. The van der Waals surface area contributed by atoms with Gasteiger partial charge < -0.3 is 24.8 Å². The first kappa shape index (κ1) is 26.6. The molecule has 1 saturated heterocycles. The Kier molecular flexibility index (Phi) is 7.47. The first-order valence-corrected chi connectivity index (χ1v) is 13.2. The van der Waals surface area contributed by atoms with Crippen molar-refractivity contribution >= 4 is 31.1 Å². The van der Waals surface area contributed by atoms with Crippen molar-refractivity contribution in [3.8, 4) is 5.75 Å². The summed E-state index contributed by atoms with van der Waals surface area (Å²) < 4.78 is 37.2. The van der Waals surface area contributed by atoms with Gasteiger partial charge >= 0.3 is 19.4 Å². The van der Waals surface area contributed by atoms with Gasteiger partial charge in [-0.3, -0.25) is 13.9 Å². The van der Waals surface area contributed by atoms with E-state index >= 15 is 0 Å². The standard InChI is InChI=1S/C22H28ClN4O8P/c1-21(30)12-16(34-18(21)27-11-8-17(24)25-20(27)29)13-33-36(31,35-15-6-4-14(23)5-7-15)26-22(9-3-10-22)19(28)32-2/h4-8,11,16,18,30H,3,9-10,12-13H2,1-2H3,(H,26,31)(H2,24,25,29)/t16?,18?,21-,36?/m1/s1. The normalized spacial score (nSPS) is 26.6. The minimum Gasteiger partial charge on any atom is -0.468 e. The van der Waals surface area contributed by atoms with E-state index in [0.29, 0.717) is 17.9 Å². The van der Waals surface area contributed by atoms with Crippen molar-refractivity contribution in [1.29, 1.82) is 0 Å². The predicted octanol–water partition coefficient (Wildman–Crippen LogP) is 2.41. The van der Waals surface area contributed by atoms with E-state index in [1.165, 1.54) is 38.4 Å². The lowest BCUT2D eigenvalue weighted by molar-refractivity contribution is -0.151. The Morgan fingerprint density at radius 2 is 2.06 bits per heavy atom. The second-order valence-corrected chi connectivity index (χ2v) is 11.2. The molecule has 1 saturated carbocycles. The van der Waals surface area contributed by atoms with Crippen molar-refractivity contribution in [2.45, 2.75) is 56.1 Å². The average Bonchev–Trinajstić information content (AvgIpc) is 3.10. The molecule has 2 heterocycles. The quantitative estimate of drug-likeness (QED) is 0.315. The number of rotatable bonds is 9. The van der Waals surface area contributed by atoms with Crippen LogP contribution < -0.4 is 21.0 Å². The molecule has 0 bridgehead atoms. The predicted molar refractivity (Wildman–Crippen MR) is 129 cm³/mol. The number of hydrogen-bond acceptors (Lipinski definition) is 10. The molecule has 0 spiro atoms. The van der Waals surface area contributed by atoms with Crippen molar-refractivity contribution < 1.29 is 33.0 Å². The fourth-order valence-corrected chi connectivity index (χ4v) is 6.14. The van der Waals surface area contributed by atoms with E-state index in [1.807, 2.05) is 0 Å². The highest BCUT2D eigenvalue weighted by atomic mass is 35.5. The van der Waals surface area contributed by atoms with Gasteiger partial charge in [0.15, 0.2) is 6.23 Å². The van der Waals surface area contributed by atoms with Gasteiger partial charge in [0.05, 0.1) is 19.8 Å². The highest BCUT2D eigenvalue weighted by molar-refractivity contribution is 7.52. The van der Waals surface area contributed by atoms with Crippen LogP contribution in [-0.2, 0) is 23.4 Å². The van der Waals surface area contributed by atoms with E-state index in [4.69, 9.17) is 35.9 Å². The van der Waals surface area contributed by atoms with Gasteiger partial charge in [0.2, 0.25) is 0 Å². The molecule has 0 amide bonds. The number of ether oxygens (including phenoxy) is 2. The van der Waals surface area contributed by atoms with Gasteiger partial charge in [0.25, 0.3) is 0 Å². The Bertz CT molecular complexity index is 1220. The van der Waals surface area contributed by atoms with Crippen LogP contribution in [0.25, 0.3) is 0 Å².